The van der Waals surface area contributed by atoms with Gasteiger partial charge in [0.2, 0.25) is 5.69 Å². The van der Waals surface area contributed by atoms with Crippen LogP contribution >= 0.6 is 0 Å². The molecule has 0 aromatic heterocycles. The maximum atomic E-state index is 13.3. The molecule has 1 aliphatic rings. The molecule has 0 unspecified atom stereocenters. The third-order valence-electron chi connectivity index (χ3n) is 3.63. The van der Waals surface area contributed by atoms with Crippen LogP contribution in [0.4, 0.5) is 14.5 Å². The Morgan fingerprint density at radius 3 is 2.14 bits per heavy atom. The minimum Gasteiger partial charge on any atom is -0.618 e. The first-order chi connectivity index (χ1) is 9.88. The van der Waals surface area contributed by atoms with Crippen LogP contribution in [0.5, 0.6) is 0 Å². The maximum absolute atomic E-state index is 13.3. The second-order valence-corrected chi connectivity index (χ2v) is 5.08. The molecule has 0 saturated carbocycles. The number of hydrogen-bond acceptors (Lipinski definition) is 2. The third kappa shape index (κ3) is 2.01. The summed E-state index contributed by atoms with van der Waals surface area (Å²) in [5.41, 5.74) is 1.90. The molecule has 0 N–H and O–H groups in total. The molecule has 0 bridgehead atoms. The average molecular weight is 287 g/mol. The Morgan fingerprint density at radius 1 is 0.952 bits per heavy atom. The SMILES string of the molecule is Cc1cc2c(cc1C)[N+]([O-])=C(c1cc(F)cc(F)c1)C2=O. The second kappa shape index (κ2) is 4.48. The van der Waals surface area contributed by atoms with Crippen molar-refractivity contribution < 1.29 is 18.3 Å². The lowest BCUT2D eigenvalue weighted by atomic mass is 9.99. The standard InChI is InChI=1S/C16H11F2NO2/c1-8-3-13-14(4-9(8)2)19(21)15(16(13)20)10-5-11(17)7-12(18)6-10/h3-7H,1-2H3. The van der Waals surface area contributed by atoms with Gasteiger partial charge in [-0.3, -0.25) is 4.79 Å². The average Bonchev–Trinajstić information content (AvgIpc) is 2.62. The molecular formula is C16H11F2NO2. The molecule has 21 heavy (non-hydrogen) atoms. The molecular weight excluding hydrogens is 276 g/mol. The zero-order valence-electron chi connectivity index (χ0n) is 11.4. The molecule has 0 fully saturated rings. The Labute approximate surface area is 119 Å². The van der Waals surface area contributed by atoms with Crippen LogP contribution < -0.4 is 0 Å². The van der Waals surface area contributed by atoms with Gasteiger partial charge >= 0.3 is 0 Å². The van der Waals surface area contributed by atoms with Gasteiger partial charge in [-0.1, -0.05) is 0 Å². The summed E-state index contributed by atoms with van der Waals surface area (Å²) in [7, 11) is 0. The van der Waals surface area contributed by atoms with Crippen molar-refractivity contribution in [1.29, 1.82) is 0 Å². The first kappa shape index (κ1) is 13.4. The maximum Gasteiger partial charge on any atom is 0.273 e. The quantitative estimate of drug-likeness (QED) is 0.596. The fourth-order valence-corrected chi connectivity index (χ4v) is 2.43. The number of halogens is 2. The topological polar surface area (TPSA) is 43.1 Å². The third-order valence-corrected chi connectivity index (χ3v) is 3.63. The number of ketones is 1. The fraction of sp³-hybridized carbons (Fsp3) is 0.125. The summed E-state index contributed by atoms with van der Waals surface area (Å²) in [5, 5.41) is 12.3. The van der Waals surface area contributed by atoms with Crippen LogP contribution in [0.3, 0.4) is 0 Å². The fourth-order valence-electron chi connectivity index (χ4n) is 2.43. The predicted octanol–water partition coefficient (Wildman–Crippen LogP) is 3.41. The number of nitrogens with zero attached hydrogens (tertiary/aromatic N) is 1. The number of benzene rings is 2. The van der Waals surface area contributed by atoms with Gasteiger partial charge in [-0.05, 0) is 43.2 Å². The summed E-state index contributed by atoms with van der Waals surface area (Å²) >= 11 is 0. The van der Waals surface area contributed by atoms with Crippen LogP contribution in [-0.2, 0) is 0 Å². The number of carbonyl (C=O) groups excluding carboxylic acids is 1. The van der Waals surface area contributed by atoms with E-state index in [9.17, 15) is 18.8 Å². The van der Waals surface area contributed by atoms with E-state index in [1.807, 2.05) is 13.8 Å². The molecule has 0 aliphatic carbocycles. The van der Waals surface area contributed by atoms with Crippen molar-refractivity contribution >= 4 is 17.2 Å². The van der Waals surface area contributed by atoms with Crippen LogP contribution in [0.2, 0.25) is 0 Å². The van der Waals surface area contributed by atoms with Crippen molar-refractivity contribution in [2.75, 3.05) is 0 Å². The number of aryl methyl sites for hydroxylation is 2. The Balaban J connectivity index is 2.23. The summed E-state index contributed by atoms with van der Waals surface area (Å²) in [6.07, 6.45) is 0. The summed E-state index contributed by atoms with van der Waals surface area (Å²) < 4.78 is 27.1. The molecule has 0 atom stereocenters. The van der Waals surface area contributed by atoms with Gasteiger partial charge in [0.15, 0.2) is 0 Å². The van der Waals surface area contributed by atoms with Crippen molar-refractivity contribution in [3.63, 3.8) is 0 Å². The largest absolute Gasteiger partial charge is 0.618 e. The van der Waals surface area contributed by atoms with Gasteiger partial charge < -0.3 is 5.21 Å². The minimum absolute atomic E-state index is 0.0565. The van der Waals surface area contributed by atoms with Crippen molar-refractivity contribution in [3.8, 4) is 0 Å². The Bertz CT molecular complexity index is 805. The van der Waals surface area contributed by atoms with Crippen molar-refractivity contribution in [2.45, 2.75) is 13.8 Å². The number of rotatable bonds is 1. The Hall–Kier alpha value is -2.56. The molecule has 1 aliphatic heterocycles. The van der Waals surface area contributed by atoms with E-state index in [0.29, 0.717) is 10.8 Å². The van der Waals surface area contributed by atoms with Crippen LogP contribution in [0.1, 0.15) is 27.0 Å². The van der Waals surface area contributed by atoms with Crippen LogP contribution in [-0.4, -0.2) is 16.2 Å². The van der Waals surface area contributed by atoms with E-state index in [4.69, 9.17) is 0 Å². The number of Topliss-reactive ketones (excluding diaryl/α,β-unsaturated/α-hetero) is 1. The Kier molecular flexibility index (Phi) is 2.86. The molecule has 106 valence electrons. The first-order valence-corrected chi connectivity index (χ1v) is 6.35. The molecule has 0 radical (unpaired) electrons. The van der Waals surface area contributed by atoms with Gasteiger partial charge in [0.25, 0.3) is 11.5 Å². The van der Waals surface area contributed by atoms with E-state index >= 15 is 0 Å². The van der Waals surface area contributed by atoms with Crippen LogP contribution in [0.25, 0.3) is 0 Å². The summed E-state index contributed by atoms with van der Waals surface area (Å²) in [6, 6.07) is 5.89. The predicted molar refractivity (Wildman–Crippen MR) is 74.0 cm³/mol. The molecule has 3 rings (SSSR count). The number of carbonyl (C=O) groups is 1. The lowest BCUT2D eigenvalue weighted by Crippen LogP contribution is -2.17. The monoisotopic (exact) mass is 287 g/mol. The lowest BCUT2D eigenvalue weighted by molar-refractivity contribution is -0.355. The number of fused-ring (bicyclic) bond motifs is 1. The molecule has 2 aromatic rings. The summed E-state index contributed by atoms with van der Waals surface area (Å²) in [5.74, 6) is -2.18. The molecule has 0 saturated heterocycles. The van der Waals surface area contributed by atoms with Crippen molar-refractivity contribution in [1.82, 2.24) is 0 Å². The molecule has 5 heteroatoms. The van der Waals surface area contributed by atoms with E-state index in [-0.39, 0.29) is 22.5 Å². The molecule has 0 spiro atoms. The molecule has 1 heterocycles. The molecule has 3 nitrogen and oxygen atoms in total. The van der Waals surface area contributed by atoms with E-state index in [2.05, 4.69) is 0 Å². The summed E-state index contributed by atoms with van der Waals surface area (Å²) in [4.78, 5) is 12.4. The van der Waals surface area contributed by atoms with E-state index in [0.717, 1.165) is 23.3 Å². The Morgan fingerprint density at radius 2 is 1.52 bits per heavy atom. The minimum atomic E-state index is -0.831. The van der Waals surface area contributed by atoms with Crippen molar-refractivity contribution in [2.24, 2.45) is 0 Å². The molecule has 0 amide bonds. The normalized spacial score (nSPS) is 13.8. The zero-order valence-corrected chi connectivity index (χ0v) is 11.4. The smallest absolute Gasteiger partial charge is 0.273 e. The van der Waals surface area contributed by atoms with Gasteiger partial charge in [0.05, 0.1) is 5.56 Å². The zero-order chi connectivity index (χ0) is 15.3. The highest BCUT2D eigenvalue weighted by atomic mass is 19.1. The highest BCUT2D eigenvalue weighted by Crippen LogP contribution is 2.31. The first-order valence-electron chi connectivity index (χ1n) is 6.35. The summed E-state index contributed by atoms with van der Waals surface area (Å²) in [6.45, 7) is 3.66. The van der Waals surface area contributed by atoms with Crippen LogP contribution in [0, 0.1) is 30.7 Å². The van der Waals surface area contributed by atoms with E-state index in [1.54, 1.807) is 12.1 Å². The van der Waals surface area contributed by atoms with Gasteiger partial charge in [0.1, 0.15) is 17.2 Å². The van der Waals surface area contributed by atoms with Gasteiger partial charge in [-0.25, -0.2) is 8.78 Å². The number of hydrogen-bond donors (Lipinski definition) is 0. The highest BCUT2D eigenvalue weighted by molar-refractivity contribution is 6.52. The van der Waals surface area contributed by atoms with Gasteiger partial charge in [-0.15, -0.1) is 0 Å². The van der Waals surface area contributed by atoms with Gasteiger partial charge in [-0.2, -0.15) is 4.74 Å². The molecule has 2 aromatic carbocycles. The van der Waals surface area contributed by atoms with Crippen LogP contribution in [0.15, 0.2) is 30.3 Å². The van der Waals surface area contributed by atoms with E-state index < -0.39 is 17.4 Å². The highest BCUT2D eigenvalue weighted by Gasteiger charge is 2.37. The van der Waals surface area contributed by atoms with Gasteiger partial charge in [0, 0.05) is 12.1 Å². The lowest BCUT2D eigenvalue weighted by Gasteiger charge is -2.04. The van der Waals surface area contributed by atoms with E-state index in [1.165, 1.54) is 0 Å². The second-order valence-electron chi connectivity index (χ2n) is 5.08. The van der Waals surface area contributed by atoms with Crippen molar-refractivity contribution in [3.05, 3.63) is 69.4 Å².